The molecule has 2 aliphatic rings. The average Bonchev–Trinajstić information content (AvgIpc) is 2.81. The van der Waals surface area contributed by atoms with Crippen LogP contribution in [0.5, 0.6) is 0 Å². The molecule has 0 radical (unpaired) electrons. The molecule has 96 valence electrons. The number of thiazole rings is 1. The Hall–Kier alpha value is -1.23. The molecule has 1 heterocycles. The number of ketones is 1. The number of hydrogen-bond donors (Lipinski definition) is 1. The molecular weight excluding hydrogens is 248 g/mol. The summed E-state index contributed by atoms with van der Waals surface area (Å²) < 4.78 is 0. The van der Waals surface area contributed by atoms with Gasteiger partial charge in [-0.25, -0.2) is 4.98 Å². The third kappa shape index (κ3) is 2.19. The predicted molar refractivity (Wildman–Crippen MR) is 69.3 cm³/mol. The summed E-state index contributed by atoms with van der Waals surface area (Å²) >= 11 is 1.43. The molecule has 2 saturated carbocycles. The summed E-state index contributed by atoms with van der Waals surface area (Å²) in [6.07, 6.45) is 6.22. The molecular formula is C13H16N2O2S. The highest BCUT2D eigenvalue weighted by Crippen LogP contribution is 2.40. The highest BCUT2D eigenvalue weighted by molar-refractivity contribution is 7.13. The van der Waals surface area contributed by atoms with Gasteiger partial charge in [-0.3, -0.25) is 9.59 Å². The van der Waals surface area contributed by atoms with E-state index in [9.17, 15) is 9.59 Å². The molecule has 0 saturated heterocycles. The van der Waals surface area contributed by atoms with Crippen molar-refractivity contribution in [3.8, 4) is 0 Å². The zero-order chi connectivity index (χ0) is 12.5. The second-order valence-electron chi connectivity index (χ2n) is 5.22. The molecule has 18 heavy (non-hydrogen) atoms. The second-order valence-corrected chi connectivity index (χ2v) is 6.12. The quantitative estimate of drug-likeness (QED) is 0.892. The van der Waals surface area contributed by atoms with Gasteiger partial charge in [0.2, 0.25) is 5.91 Å². The van der Waals surface area contributed by atoms with E-state index in [0.717, 1.165) is 32.1 Å². The Bertz CT molecular complexity index is 442. The lowest BCUT2D eigenvalue weighted by Gasteiger charge is -2.36. The molecule has 2 atom stereocenters. The fraction of sp³-hybridized carbons (Fsp3) is 0.615. The van der Waals surface area contributed by atoms with Crippen LogP contribution in [0.15, 0.2) is 11.6 Å². The third-order valence-electron chi connectivity index (χ3n) is 4.08. The van der Waals surface area contributed by atoms with Crippen molar-refractivity contribution >= 4 is 28.2 Å². The Balaban J connectivity index is 1.66. The summed E-state index contributed by atoms with van der Waals surface area (Å²) in [5, 5.41) is 5.35. The molecule has 1 amide bonds. The van der Waals surface area contributed by atoms with Gasteiger partial charge >= 0.3 is 0 Å². The van der Waals surface area contributed by atoms with Crippen LogP contribution in [0, 0.1) is 17.8 Å². The molecule has 2 fully saturated rings. The van der Waals surface area contributed by atoms with Crippen LogP contribution in [0.3, 0.4) is 0 Å². The van der Waals surface area contributed by atoms with E-state index in [-0.39, 0.29) is 23.7 Å². The summed E-state index contributed by atoms with van der Waals surface area (Å²) in [4.78, 5) is 28.2. The molecule has 2 unspecified atom stereocenters. The monoisotopic (exact) mass is 264 g/mol. The summed E-state index contributed by atoms with van der Waals surface area (Å²) in [7, 11) is 0. The Morgan fingerprint density at radius 1 is 1.33 bits per heavy atom. The van der Waals surface area contributed by atoms with Crippen LogP contribution in [-0.4, -0.2) is 16.7 Å². The lowest BCUT2D eigenvalue weighted by atomic mass is 9.67. The number of amides is 1. The topological polar surface area (TPSA) is 59.1 Å². The Morgan fingerprint density at radius 2 is 2.06 bits per heavy atom. The smallest absolute Gasteiger partial charge is 0.229 e. The van der Waals surface area contributed by atoms with Crippen LogP contribution in [0.2, 0.25) is 0 Å². The molecule has 0 aromatic carbocycles. The van der Waals surface area contributed by atoms with Gasteiger partial charge in [0, 0.05) is 29.3 Å². The molecule has 2 aliphatic carbocycles. The molecule has 1 N–H and O–H groups in total. The number of nitrogens with zero attached hydrogens (tertiary/aromatic N) is 1. The van der Waals surface area contributed by atoms with E-state index in [1.165, 1.54) is 11.3 Å². The second kappa shape index (κ2) is 4.80. The van der Waals surface area contributed by atoms with Gasteiger partial charge < -0.3 is 5.32 Å². The normalized spacial score (nSPS) is 31.1. The van der Waals surface area contributed by atoms with Gasteiger partial charge in [-0.1, -0.05) is 6.42 Å². The molecule has 1 aromatic rings. The molecule has 0 spiro atoms. The van der Waals surface area contributed by atoms with Crippen LogP contribution in [-0.2, 0) is 9.59 Å². The first kappa shape index (κ1) is 11.8. The van der Waals surface area contributed by atoms with Crippen LogP contribution in [0.25, 0.3) is 0 Å². The highest BCUT2D eigenvalue weighted by atomic mass is 32.1. The molecule has 2 bridgehead atoms. The maximum absolute atomic E-state index is 12.1. The maximum atomic E-state index is 12.1. The van der Waals surface area contributed by atoms with Crippen LogP contribution < -0.4 is 5.32 Å². The van der Waals surface area contributed by atoms with E-state index in [4.69, 9.17) is 0 Å². The lowest BCUT2D eigenvalue weighted by Crippen LogP contribution is -2.40. The Morgan fingerprint density at radius 3 is 2.67 bits per heavy atom. The van der Waals surface area contributed by atoms with Gasteiger partial charge in [0.1, 0.15) is 5.78 Å². The van der Waals surface area contributed by atoms with E-state index >= 15 is 0 Å². The zero-order valence-electron chi connectivity index (χ0n) is 10.1. The molecule has 3 rings (SSSR count). The van der Waals surface area contributed by atoms with Gasteiger partial charge in [0.15, 0.2) is 5.13 Å². The minimum atomic E-state index is -0.0121. The number of rotatable bonds is 2. The molecule has 1 aromatic heterocycles. The van der Waals surface area contributed by atoms with E-state index in [0.29, 0.717) is 10.9 Å². The first-order valence-electron chi connectivity index (χ1n) is 6.48. The van der Waals surface area contributed by atoms with Crippen molar-refractivity contribution < 1.29 is 9.59 Å². The number of hydrogen-bond acceptors (Lipinski definition) is 4. The van der Waals surface area contributed by atoms with Crippen LogP contribution in [0.4, 0.5) is 5.13 Å². The number of fused-ring (bicyclic) bond motifs is 2. The molecule has 4 nitrogen and oxygen atoms in total. The van der Waals surface area contributed by atoms with E-state index < -0.39 is 0 Å². The van der Waals surface area contributed by atoms with Crippen molar-refractivity contribution in [1.29, 1.82) is 0 Å². The van der Waals surface area contributed by atoms with Gasteiger partial charge in [0.05, 0.1) is 0 Å². The highest BCUT2D eigenvalue weighted by Gasteiger charge is 2.41. The minimum absolute atomic E-state index is 0.0121. The van der Waals surface area contributed by atoms with Crippen molar-refractivity contribution in [1.82, 2.24) is 4.98 Å². The maximum Gasteiger partial charge on any atom is 0.229 e. The van der Waals surface area contributed by atoms with E-state index in [1.54, 1.807) is 6.20 Å². The fourth-order valence-electron chi connectivity index (χ4n) is 3.19. The zero-order valence-corrected chi connectivity index (χ0v) is 10.9. The Kier molecular flexibility index (Phi) is 3.16. The number of aromatic nitrogens is 1. The van der Waals surface area contributed by atoms with Crippen LogP contribution >= 0.6 is 11.3 Å². The first-order valence-corrected chi connectivity index (χ1v) is 7.36. The van der Waals surface area contributed by atoms with E-state index in [1.807, 2.05) is 5.38 Å². The fourth-order valence-corrected chi connectivity index (χ4v) is 3.72. The SMILES string of the molecule is O=C(Nc1nccs1)C1CC2CCCC(C1)C2=O. The summed E-state index contributed by atoms with van der Waals surface area (Å²) in [6.45, 7) is 0. The van der Waals surface area contributed by atoms with Crippen molar-refractivity contribution in [2.24, 2.45) is 17.8 Å². The summed E-state index contributed by atoms with van der Waals surface area (Å²) in [5.41, 5.74) is 0. The number of carbonyl (C=O) groups is 2. The standard InChI is InChI=1S/C13H16N2O2S/c16-11-8-2-1-3-9(11)7-10(6-8)12(17)15-13-14-4-5-18-13/h4-5,8-10H,1-3,6-7H2,(H,14,15,17). The largest absolute Gasteiger partial charge is 0.302 e. The van der Waals surface area contributed by atoms with Crippen molar-refractivity contribution in [2.75, 3.05) is 5.32 Å². The number of anilines is 1. The number of carbonyl (C=O) groups excluding carboxylic acids is 2. The van der Waals surface area contributed by atoms with Crippen molar-refractivity contribution in [3.05, 3.63) is 11.6 Å². The van der Waals surface area contributed by atoms with Gasteiger partial charge in [0.25, 0.3) is 0 Å². The van der Waals surface area contributed by atoms with Gasteiger partial charge in [-0.15, -0.1) is 11.3 Å². The summed E-state index contributed by atoms with van der Waals surface area (Å²) in [6, 6.07) is 0. The number of nitrogens with one attached hydrogen (secondary N) is 1. The first-order chi connectivity index (χ1) is 8.74. The lowest BCUT2D eigenvalue weighted by molar-refractivity contribution is -0.136. The molecule has 0 aliphatic heterocycles. The van der Waals surface area contributed by atoms with Gasteiger partial charge in [-0.2, -0.15) is 0 Å². The van der Waals surface area contributed by atoms with Crippen molar-refractivity contribution in [3.63, 3.8) is 0 Å². The third-order valence-corrected chi connectivity index (χ3v) is 4.77. The van der Waals surface area contributed by atoms with Crippen LogP contribution in [0.1, 0.15) is 32.1 Å². The van der Waals surface area contributed by atoms with Crippen molar-refractivity contribution in [2.45, 2.75) is 32.1 Å². The molecule has 5 heteroatoms. The summed E-state index contributed by atoms with van der Waals surface area (Å²) in [5.74, 6) is 0.685. The Labute approximate surface area is 110 Å². The average molecular weight is 264 g/mol. The van der Waals surface area contributed by atoms with E-state index in [2.05, 4.69) is 10.3 Å². The predicted octanol–water partition coefficient (Wildman–Crippen LogP) is 2.48. The minimum Gasteiger partial charge on any atom is -0.302 e. The van der Waals surface area contributed by atoms with Gasteiger partial charge in [-0.05, 0) is 25.7 Å². The number of Topliss-reactive ketones (excluding diaryl/α,β-unsaturated/α-hetero) is 1.